The molecule has 9 heteroatoms. The van der Waals surface area contributed by atoms with E-state index in [1.807, 2.05) is 0 Å². The van der Waals surface area contributed by atoms with E-state index in [1.165, 1.54) is 6.07 Å². The topological polar surface area (TPSA) is 45.9 Å². The van der Waals surface area contributed by atoms with E-state index in [2.05, 4.69) is 9.72 Å². The van der Waals surface area contributed by atoms with Gasteiger partial charge in [0.1, 0.15) is 0 Å². The number of alkyl halides is 5. The van der Waals surface area contributed by atoms with Gasteiger partial charge in [-0.3, -0.25) is 0 Å². The Hall–Kier alpha value is -1.98. The first-order chi connectivity index (χ1) is 8.26. The van der Waals surface area contributed by atoms with Crippen LogP contribution in [-0.4, -0.2) is 11.3 Å². The summed E-state index contributed by atoms with van der Waals surface area (Å²) in [4.78, 5) is 2.85. The zero-order chi connectivity index (χ0) is 13.9. The minimum atomic E-state index is -5.34. The van der Waals surface area contributed by atoms with Crippen LogP contribution in [0.2, 0.25) is 0 Å². The van der Waals surface area contributed by atoms with E-state index in [0.29, 0.717) is 6.20 Å². The number of ether oxygens (including phenoxy) is 1. The number of nitriles is 1. The molecule has 98 valence electrons. The second-order valence-electron chi connectivity index (χ2n) is 3.00. The molecule has 0 aliphatic rings. The second-order valence-corrected chi connectivity index (χ2v) is 3.00. The lowest BCUT2D eigenvalue weighted by Crippen LogP contribution is -2.20. The van der Waals surface area contributed by atoms with Crippen molar-refractivity contribution in [3.63, 3.8) is 0 Å². The summed E-state index contributed by atoms with van der Waals surface area (Å²) in [6.07, 6.45) is -8.83. The van der Waals surface area contributed by atoms with Crippen LogP contribution in [-0.2, 0) is 6.42 Å². The highest BCUT2D eigenvalue weighted by atomic mass is 19.4. The molecule has 0 saturated carbocycles. The molecular weight excluding hydrogens is 266 g/mol. The molecule has 0 aromatic carbocycles. The average Bonchev–Trinajstić information content (AvgIpc) is 2.21. The van der Waals surface area contributed by atoms with Crippen LogP contribution in [0.5, 0.6) is 5.75 Å². The summed E-state index contributed by atoms with van der Waals surface area (Å²) in [6.45, 7) is 0. The zero-order valence-electron chi connectivity index (χ0n) is 8.43. The molecule has 0 saturated heterocycles. The lowest BCUT2D eigenvalue weighted by atomic mass is 10.1. The van der Waals surface area contributed by atoms with Gasteiger partial charge in [-0.25, -0.2) is 13.8 Å². The summed E-state index contributed by atoms with van der Waals surface area (Å²) in [5.41, 5.74) is -1.84. The predicted molar refractivity (Wildman–Crippen MR) is 45.2 cm³/mol. The smallest absolute Gasteiger partial charge is 0.400 e. The highest BCUT2D eigenvalue weighted by Gasteiger charge is 2.36. The molecule has 0 fully saturated rings. The summed E-state index contributed by atoms with van der Waals surface area (Å²) in [7, 11) is 0. The Bertz CT molecular complexity index is 479. The van der Waals surface area contributed by atoms with Crippen molar-refractivity contribution in [2.45, 2.75) is 19.2 Å². The molecule has 0 bridgehead atoms. The maximum absolute atomic E-state index is 13.0. The lowest BCUT2D eigenvalue weighted by molar-refractivity contribution is -0.276. The third kappa shape index (κ3) is 3.26. The fourth-order valence-corrected chi connectivity index (χ4v) is 1.20. The second kappa shape index (κ2) is 5.12. The molecule has 1 aromatic rings. The SMILES string of the molecule is N#CCc1cnc(F)c(OC(F)(F)F)c1C(F)F. The number of rotatable bonds is 3. The Morgan fingerprint density at radius 3 is 2.44 bits per heavy atom. The minimum Gasteiger partial charge on any atom is -0.400 e. The van der Waals surface area contributed by atoms with Gasteiger partial charge < -0.3 is 4.74 Å². The number of pyridine rings is 1. The van der Waals surface area contributed by atoms with E-state index in [9.17, 15) is 26.3 Å². The number of aromatic nitrogens is 1. The van der Waals surface area contributed by atoms with Crippen LogP contribution in [0.4, 0.5) is 26.3 Å². The van der Waals surface area contributed by atoms with E-state index in [4.69, 9.17) is 5.26 Å². The van der Waals surface area contributed by atoms with Crippen LogP contribution >= 0.6 is 0 Å². The van der Waals surface area contributed by atoms with E-state index < -0.39 is 42.0 Å². The van der Waals surface area contributed by atoms with Gasteiger partial charge in [0.25, 0.3) is 12.4 Å². The molecule has 0 radical (unpaired) electrons. The van der Waals surface area contributed by atoms with Crippen LogP contribution in [0.25, 0.3) is 0 Å². The predicted octanol–water partition coefficient (Wildman–Crippen LogP) is 3.12. The monoisotopic (exact) mass is 270 g/mol. The molecule has 0 amide bonds. The first-order valence-corrected chi connectivity index (χ1v) is 4.34. The Morgan fingerprint density at radius 2 is 2.00 bits per heavy atom. The van der Waals surface area contributed by atoms with Crippen molar-refractivity contribution in [1.29, 1.82) is 5.26 Å². The Kier molecular flexibility index (Phi) is 4.00. The largest absolute Gasteiger partial charge is 0.573 e. The highest BCUT2D eigenvalue weighted by molar-refractivity contribution is 5.40. The van der Waals surface area contributed by atoms with Crippen LogP contribution in [0, 0.1) is 17.3 Å². The third-order valence-corrected chi connectivity index (χ3v) is 1.82. The van der Waals surface area contributed by atoms with Gasteiger partial charge >= 0.3 is 6.36 Å². The summed E-state index contributed by atoms with van der Waals surface area (Å²) >= 11 is 0. The number of halogens is 6. The fraction of sp³-hybridized carbons (Fsp3) is 0.333. The Morgan fingerprint density at radius 1 is 1.39 bits per heavy atom. The van der Waals surface area contributed by atoms with Gasteiger partial charge in [-0.2, -0.15) is 9.65 Å². The molecule has 0 aliphatic carbocycles. The summed E-state index contributed by atoms with van der Waals surface area (Å²) in [6, 6.07) is 1.46. The molecule has 18 heavy (non-hydrogen) atoms. The van der Waals surface area contributed by atoms with E-state index >= 15 is 0 Å². The minimum absolute atomic E-state index is 0.520. The van der Waals surface area contributed by atoms with E-state index in [-0.39, 0.29) is 0 Å². The first-order valence-electron chi connectivity index (χ1n) is 4.34. The van der Waals surface area contributed by atoms with Gasteiger partial charge in [0.2, 0.25) is 0 Å². The van der Waals surface area contributed by atoms with Crippen molar-refractivity contribution in [2.75, 3.05) is 0 Å². The quantitative estimate of drug-likeness (QED) is 0.626. The van der Waals surface area contributed by atoms with Crippen LogP contribution in [0.15, 0.2) is 6.20 Å². The fourth-order valence-electron chi connectivity index (χ4n) is 1.20. The van der Waals surface area contributed by atoms with Crippen molar-refractivity contribution in [2.24, 2.45) is 0 Å². The molecule has 1 aromatic heterocycles. The third-order valence-electron chi connectivity index (χ3n) is 1.82. The van der Waals surface area contributed by atoms with Gasteiger partial charge in [0.05, 0.1) is 18.1 Å². The van der Waals surface area contributed by atoms with Gasteiger partial charge in [0, 0.05) is 6.20 Å². The maximum atomic E-state index is 13.0. The molecule has 0 spiro atoms. The van der Waals surface area contributed by atoms with Crippen LogP contribution < -0.4 is 4.74 Å². The molecular formula is C9H4F6N2O. The lowest BCUT2D eigenvalue weighted by Gasteiger charge is -2.15. The van der Waals surface area contributed by atoms with Gasteiger partial charge in [-0.1, -0.05) is 0 Å². The highest BCUT2D eigenvalue weighted by Crippen LogP contribution is 2.36. The summed E-state index contributed by atoms with van der Waals surface area (Å²) < 4.78 is 77.3. The number of hydrogen-bond donors (Lipinski definition) is 0. The Balaban J connectivity index is 3.37. The normalized spacial score (nSPS) is 11.4. The van der Waals surface area contributed by atoms with E-state index in [0.717, 1.165) is 0 Å². The zero-order valence-corrected chi connectivity index (χ0v) is 8.43. The number of hydrogen-bond acceptors (Lipinski definition) is 3. The molecule has 0 atom stereocenters. The van der Waals surface area contributed by atoms with Gasteiger partial charge in [-0.05, 0) is 5.56 Å². The molecule has 0 aliphatic heterocycles. The van der Waals surface area contributed by atoms with Gasteiger partial charge in [-0.15, -0.1) is 13.2 Å². The Labute approximate surface area is 96.6 Å². The molecule has 1 rings (SSSR count). The van der Waals surface area contributed by atoms with Crippen molar-refractivity contribution in [1.82, 2.24) is 4.98 Å². The molecule has 1 heterocycles. The van der Waals surface area contributed by atoms with Crippen molar-refractivity contribution < 1.29 is 31.1 Å². The van der Waals surface area contributed by atoms with Gasteiger partial charge in [0.15, 0.2) is 5.75 Å². The maximum Gasteiger partial charge on any atom is 0.573 e. The van der Waals surface area contributed by atoms with Crippen molar-refractivity contribution in [3.05, 3.63) is 23.3 Å². The molecule has 0 N–H and O–H groups in total. The van der Waals surface area contributed by atoms with E-state index in [1.54, 1.807) is 0 Å². The first kappa shape index (κ1) is 14.1. The summed E-state index contributed by atoms with van der Waals surface area (Å²) in [5.74, 6) is -3.52. The van der Waals surface area contributed by atoms with Crippen molar-refractivity contribution >= 4 is 0 Å². The standard InChI is InChI=1S/C9H4F6N2O/c10-7(11)5-4(1-2-16)3-17-8(12)6(5)18-9(13,14)15/h3,7H,1H2. The molecule has 0 unspecified atom stereocenters. The average molecular weight is 270 g/mol. The van der Waals surface area contributed by atoms with Crippen LogP contribution in [0.3, 0.4) is 0 Å². The van der Waals surface area contributed by atoms with Crippen molar-refractivity contribution in [3.8, 4) is 11.8 Å². The molecule has 3 nitrogen and oxygen atoms in total. The summed E-state index contributed by atoms with van der Waals surface area (Å²) in [5, 5.41) is 8.34. The number of nitrogens with zero attached hydrogens (tertiary/aromatic N) is 2. The van der Waals surface area contributed by atoms with Crippen LogP contribution in [0.1, 0.15) is 17.6 Å².